The summed E-state index contributed by atoms with van der Waals surface area (Å²) in [6, 6.07) is 7.97. The SMILES string of the molecule is CCOc1ccc(Cc2cnc(NC(=O)CN)s2)cc1. The summed E-state index contributed by atoms with van der Waals surface area (Å²) in [5.74, 6) is 0.642. The molecule has 0 radical (unpaired) electrons. The van der Waals surface area contributed by atoms with E-state index >= 15 is 0 Å². The van der Waals surface area contributed by atoms with E-state index < -0.39 is 0 Å². The van der Waals surface area contributed by atoms with Gasteiger partial charge in [-0.15, -0.1) is 11.3 Å². The highest BCUT2D eigenvalue weighted by Gasteiger charge is 2.06. The van der Waals surface area contributed by atoms with Crippen molar-refractivity contribution in [1.82, 2.24) is 4.98 Å². The Kier molecular flexibility index (Phi) is 5.09. The quantitative estimate of drug-likeness (QED) is 0.853. The van der Waals surface area contributed by atoms with Crippen molar-refractivity contribution in [3.05, 3.63) is 40.9 Å². The van der Waals surface area contributed by atoms with Crippen LogP contribution in [0.5, 0.6) is 5.75 Å². The van der Waals surface area contributed by atoms with Gasteiger partial charge in [-0.25, -0.2) is 4.98 Å². The summed E-state index contributed by atoms with van der Waals surface area (Å²) in [6.45, 7) is 2.59. The summed E-state index contributed by atoms with van der Waals surface area (Å²) >= 11 is 1.46. The van der Waals surface area contributed by atoms with Gasteiger partial charge < -0.3 is 15.8 Å². The number of carbonyl (C=O) groups excluding carboxylic acids is 1. The minimum atomic E-state index is -0.230. The predicted molar refractivity (Wildman–Crippen MR) is 80.2 cm³/mol. The Morgan fingerprint density at radius 1 is 1.40 bits per heavy atom. The minimum absolute atomic E-state index is 0.0339. The highest BCUT2D eigenvalue weighted by atomic mass is 32.1. The van der Waals surface area contributed by atoms with Gasteiger partial charge in [0.25, 0.3) is 0 Å². The van der Waals surface area contributed by atoms with Gasteiger partial charge in [0.1, 0.15) is 5.75 Å². The molecule has 0 aliphatic rings. The second-order valence-corrected chi connectivity index (χ2v) is 5.25. The van der Waals surface area contributed by atoms with Gasteiger partial charge in [0.15, 0.2) is 5.13 Å². The van der Waals surface area contributed by atoms with Gasteiger partial charge in [-0.2, -0.15) is 0 Å². The lowest BCUT2D eigenvalue weighted by Gasteiger charge is -2.03. The number of aromatic nitrogens is 1. The topological polar surface area (TPSA) is 77.2 Å². The number of ether oxygens (including phenoxy) is 1. The molecule has 1 amide bonds. The van der Waals surface area contributed by atoms with Crippen molar-refractivity contribution in [1.29, 1.82) is 0 Å². The number of nitrogens with two attached hydrogens (primary N) is 1. The number of amides is 1. The Morgan fingerprint density at radius 2 is 2.15 bits per heavy atom. The third-order valence-corrected chi connectivity index (χ3v) is 3.51. The number of benzene rings is 1. The Balaban J connectivity index is 1.97. The average Bonchev–Trinajstić information content (AvgIpc) is 2.88. The first kappa shape index (κ1) is 14.5. The maximum atomic E-state index is 11.2. The first-order valence-electron chi connectivity index (χ1n) is 6.37. The van der Waals surface area contributed by atoms with Crippen molar-refractivity contribution in [2.75, 3.05) is 18.5 Å². The van der Waals surface area contributed by atoms with E-state index in [1.165, 1.54) is 16.9 Å². The standard InChI is InChI=1S/C14H17N3O2S/c1-2-19-11-5-3-10(4-6-11)7-12-9-16-14(20-12)17-13(18)8-15/h3-6,9H,2,7-8,15H2,1H3,(H,16,17,18). The molecular weight excluding hydrogens is 274 g/mol. The van der Waals surface area contributed by atoms with Gasteiger partial charge in [0.2, 0.25) is 5.91 Å². The number of nitrogens with zero attached hydrogens (tertiary/aromatic N) is 1. The summed E-state index contributed by atoms with van der Waals surface area (Å²) < 4.78 is 5.40. The molecule has 20 heavy (non-hydrogen) atoms. The summed E-state index contributed by atoms with van der Waals surface area (Å²) in [4.78, 5) is 16.4. The van der Waals surface area contributed by atoms with Gasteiger partial charge in [0.05, 0.1) is 13.2 Å². The number of rotatable bonds is 6. The summed E-state index contributed by atoms with van der Waals surface area (Å²) in [6.07, 6.45) is 2.55. The number of hydrogen-bond donors (Lipinski definition) is 2. The second-order valence-electron chi connectivity index (χ2n) is 4.14. The van der Waals surface area contributed by atoms with E-state index in [1.807, 2.05) is 31.2 Å². The van der Waals surface area contributed by atoms with Crippen LogP contribution in [0.1, 0.15) is 17.4 Å². The number of carbonyl (C=O) groups is 1. The van der Waals surface area contributed by atoms with Gasteiger partial charge in [-0.05, 0) is 24.6 Å². The van der Waals surface area contributed by atoms with Gasteiger partial charge >= 0.3 is 0 Å². The molecule has 0 unspecified atom stereocenters. The average molecular weight is 291 g/mol. The zero-order valence-corrected chi connectivity index (χ0v) is 12.1. The number of nitrogens with one attached hydrogen (secondary N) is 1. The number of thiazole rings is 1. The first-order chi connectivity index (χ1) is 9.71. The molecule has 0 atom stereocenters. The molecule has 6 heteroatoms. The molecule has 3 N–H and O–H groups in total. The van der Waals surface area contributed by atoms with E-state index in [1.54, 1.807) is 6.20 Å². The van der Waals surface area contributed by atoms with E-state index in [2.05, 4.69) is 10.3 Å². The fourth-order valence-corrected chi connectivity index (χ4v) is 2.55. The molecule has 0 aliphatic heterocycles. The normalized spacial score (nSPS) is 10.3. The summed E-state index contributed by atoms with van der Waals surface area (Å²) in [7, 11) is 0. The van der Waals surface area contributed by atoms with Crippen LogP contribution in [0.25, 0.3) is 0 Å². The van der Waals surface area contributed by atoms with Crippen LogP contribution in [0.2, 0.25) is 0 Å². The Morgan fingerprint density at radius 3 is 2.80 bits per heavy atom. The molecule has 1 aromatic heterocycles. The van der Waals surface area contributed by atoms with Crippen molar-refractivity contribution in [2.45, 2.75) is 13.3 Å². The van der Waals surface area contributed by atoms with Crippen LogP contribution in [0.4, 0.5) is 5.13 Å². The smallest absolute Gasteiger partial charge is 0.239 e. The molecule has 2 aromatic rings. The largest absolute Gasteiger partial charge is 0.494 e. The van der Waals surface area contributed by atoms with Gasteiger partial charge in [-0.3, -0.25) is 4.79 Å². The van der Waals surface area contributed by atoms with E-state index in [0.29, 0.717) is 11.7 Å². The number of anilines is 1. The number of hydrogen-bond acceptors (Lipinski definition) is 5. The van der Waals surface area contributed by atoms with Crippen molar-refractivity contribution < 1.29 is 9.53 Å². The molecule has 1 heterocycles. The van der Waals surface area contributed by atoms with Crippen LogP contribution in [0.15, 0.2) is 30.5 Å². The molecule has 0 bridgehead atoms. The van der Waals surface area contributed by atoms with Crippen LogP contribution in [0, 0.1) is 0 Å². The van der Waals surface area contributed by atoms with Crippen molar-refractivity contribution in [2.24, 2.45) is 5.73 Å². The fourth-order valence-electron chi connectivity index (χ4n) is 1.69. The molecule has 0 saturated carbocycles. The van der Waals surface area contributed by atoms with Gasteiger partial charge in [-0.1, -0.05) is 12.1 Å². The van der Waals surface area contributed by atoms with Crippen LogP contribution < -0.4 is 15.8 Å². The molecular formula is C14H17N3O2S. The zero-order valence-electron chi connectivity index (χ0n) is 11.3. The molecule has 0 spiro atoms. The maximum Gasteiger partial charge on any atom is 0.239 e. The van der Waals surface area contributed by atoms with Crippen molar-refractivity contribution in [3.63, 3.8) is 0 Å². The molecule has 0 aliphatic carbocycles. The predicted octanol–water partition coefficient (Wildman–Crippen LogP) is 2.03. The van der Waals surface area contributed by atoms with E-state index in [9.17, 15) is 4.79 Å². The molecule has 5 nitrogen and oxygen atoms in total. The molecule has 2 rings (SSSR count). The Labute approximate surface area is 121 Å². The molecule has 1 aromatic carbocycles. The third-order valence-electron chi connectivity index (χ3n) is 2.60. The zero-order chi connectivity index (χ0) is 14.4. The van der Waals surface area contributed by atoms with Crippen LogP contribution >= 0.6 is 11.3 Å². The first-order valence-corrected chi connectivity index (χ1v) is 7.19. The van der Waals surface area contributed by atoms with E-state index in [4.69, 9.17) is 10.5 Å². The van der Waals surface area contributed by atoms with Crippen LogP contribution in [-0.2, 0) is 11.2 Å². The van der Waals surface area contributed by atoms with Crippen molar-refractivity contribution in [3.8, 4) is 5.75 Å². The van der Waals surface area contributed by atoms with Gasteiger partial charge in [0, 0.05) is 17.5 Å². The summed E-state index contributed by atoms with van der Waals surface area (Å²) in [5, 5.41) is 3.23. The maximum absolute atomic E-state index is 11.2. The molecule has 106 valence electrons. The lowest BCUT2D eigenvalue weighted by molar-refractivity contribution is -0.114. The fraction of sp³-hybridized carbons (Fsp3) is 0.286. The minimum Gasteiger partial charge on any atom is -0.494 e. The molecule has 0 fully saturated rings. The van der Waals surface area contributed by atoms with E-state index in [-0.39, 0.29) is 12.5 Å². The highest BCUT2D eigenvalue weighted by molar-refractivity contribution is 7.15. The summed E-state index contributed by atoms with van der Waals surface area (Å²) in [5.41, 5.74) is 6.42. The van der Waals surface area contributed by atoms with E-state index in [0.717, 1.165) is 17.0 Å². The third kappa shape index (κ3) is 4.04. The Bertz CT molecular complexity index is 566. The lowest BCUT2D eigenvalue weighted by atomic mass is 10.1. The monoisotopic (exact) mass is 291 g/mol. The van der Waals surface area contributed by atoms with Crippen molar-refractivity contribution >= 4 is 22.4 Å². The second kappa shape index (κ2) is 7.02. The van der Waals surface area contributed by atoms with Crippen LogP contribution in [0.3, 0.4) is 0 Å². The highest BCUT2D eigenvalue weighted by Crippen LogP contribution is 2.22. The molecule has 0 saturated heterocycles. The lowest BCUT2D eigenvalue weighted by Crippen LogP contribution is -2.21. The van der Waals surface area contributed by atoms with Crippen LogP contribution in [-0.4, -0.2) is 24.0 Å². The Hall–Kier alpha value is -1.92.